The van der Waals surface area contributed by atoms with Crippen molar-refractivity contribution >= 4 is 11.0 Å². The van der Waals surface area contributed by atoms with Gasteiger partial charge in [0.2, 0.25) is 0 Å². The number of nitrogens with zero attached hydrogens (tertiary/aromatic N) is 3. The van der Waals surface area contributed by atoms with Crippen LogP contribution in [0.5, 0.6) is 5.75 Å². The van der Waals surface area contributed by atoms with E-state index in [1.165, 1.54) is 7.11 Å². The molecule has 5 nitrogen and oxygen atoms in total. The first-order valence-electron chi connectivity index (χ1n) is 6.23. The second kappa shape index (κ2) is 4.99. The van der Waals surface area contributed by atoms with Crippen molar-refractivity contribution in [1.82, 2.24) is 9.97 Å². The third-order valence-corrected chi connectivity index (χ3v) is 3.20. The number of aromatic amines is 1. The van der Waals surface area contributed by atoms with Crippen molar-refractivity contribution in [2.45, 2.75) is 0 Å². The van der Waals surface area contributed by atoms with Gasteiger partial charge < -0.3 is 9.72 Å². The van der Waals surface area contributed by atoms with Gasteiger partial charge in [0.05, 0.1) is 35.3 Å². The molecule has 0 saturated carbocycles. The van der Waals surface area contributed by atoms with E-state index in [-0.39, 0.29) is 0 Å². The second-order valence-corrected chi connectivity index (χ2v) is 4.46. The summed E-state index contributed by atoms with van der Waals surface area (Å²) in [6, 6.07) is 14.8. The van der Waals surface area contributed by atoms with Crippen molar-refractivity contribution in [2.24, 2.45) is 0 Å². The molecule has 0 saturated heterocycles. The molecule has 0 fully saturated rings. The molecule has 0 aliphatic rings. The molecule has 0 amide bonds. The SMILES string of the molecule is COc1ccc(-c2nc3ccc(C#N)cc3[nH]2)cc1C#N. The number of hydrogen-bond donors (Lipinski definition) is 1. The number of fused-ring (bicyclic) bond motifs is 1. The minimum Gasteiger partial charge on any atom is -0.495 e. The van der Waals surface area contributed by atoms with Gasteiger partial charge in [-0.05, 0) is 36.4 Å². The van der Waals surface area contributed by atoms with Crippen molar-refractivity contribution in [3.8, 4) is 29.3 Å². The zero-order chi connectivity index (χ0) is 14.8. The van der Waals surface area contributed by atoms with Crippen LogP contribution in [0.3, 0.4) is 0 Å². The van der Waals surface area contributed by atoms with Crippen molar-refractivity contribution in [1.29, 1.82) is 10.5 Å². The van der Waals surface area contributed by atoms with Gasteiger partial charge in [0, 0.05) is 5.56 Å². The van der Waals surface area contributed by atoms with Crippen LogP contribution in [0.4, 0.5) is 0 Å². The van der Waals surface area contributed by atoms with Gasteiger partial charge in [-0.25, -0.2) is 4.98 Å². The molecule has 0 aliphatic carbocycles. The molecular weight excluding hydrogens is 264 g/mol. The van der Waals surface area contributed by atoms with Crippen LogP contribution in [-0.2, 0) is 0 Å². The standard InChI is InChI=1S/C16H10N4O/c1-21-15-5-3-11(7-12(15)9-18)16-19-13-4-2-10(8-17)6-14(13)20-16/h2-7H,1H3,(H,19,20). The fourth-order valence-corrected chi connectivity index (χ4v) is 2.16. The summed E-state index contributed by atoms with van der Waals surface area (Å²) in [6.45, 7) is 0. The highest BCUT2D eigenvalue weighted by atomic mass is 16.5. The first-order valence-corrected chi connectivity index (χ1v) is 6.23. The summed E-state index contributed by atoms with van der Waals surface area (Å²) in [5.74, 6) is 1.18. The summed E-state index contributed by atoms with van der Waals surface area (Å²) in [4.78, 5) is 7.64. The van der Waals surface area contributed by atoms with Crippen molar-refractivity contribution < 1.29 is 4.74 Å². The molecule has 2 aromatic carbocycles. The predicted molar refractivity (Wildman–Crippen MR) is 77.5 cm³/mol. The Bertz CT molecular complexity index is 912. The predicted octanol–water partition coefficient (Wildman–Crippen LogP) is 2.98. The number of hydrogen-bond acceptors (Lipinski definition) is 4. The van der Waals surface area contributed by atoms with Crippen LogP contribution in [0, 0.1) is 22.7 Å². The molecule has 5 heteroatoms. The number of benzene rings is 2. The normalized spacial score (nSPS) is 10.0. The maximum Gasteiger partial charge on any atom is 0.138 e. The maximum atomic E-state index is 9.13. The Balaban J connectivity index is 2.13. The van der Waals surface area contributed by atoms with Gasteiger partial charge in [-0.3, -0.25) is 0 Å². The van der Waals surface area contributed by atoms with Crippen LogP contribution in [0.15, 0.2) is 36.4 Å². The zero-order valence-corrected chi connectivity index (χ0v) is 11.2. The van der Waals surface area contributed by atoms with Gasteiger partial charge in [0.15, 0.2) is 0 Å². The smallest absolute Gasteiger partial charge is 0.138 e. The number of ether oxygens (including phenoxy) is 1. The summed E-state index contributed by atoms with van der Waals surface area (Å²) >= 11 is 0. The number of H-pyrrole nitrogens is 1. The van der Waals surface area contributed by atoms with Crippen molar-refractivity contribution in [3.05, 3.63) is 47.5 Å². The Labute approximate surface area is 121 Å². The Kier molecular flexibility index (Phi) is 3.02. The van der Waals surface area contributed by atoms with E-state index in [4.69, 9.17) is 15.3 Å². The van der Waals surface area contributed by atoms with Crippen LogP contribution in [0.25, 0.3) is 22.4 Å². The van der Waals surface area contributed by atoms with Gasteiger partial charge in [0.25, 0.3) is 0 Å². The van der Waals surface area contributed by atoms with Crippen LogP contribution < -0.4 is 4.74 Å². The molecule has 0 aliphatic heterocycles. The van der Waals surface area contributed by atoms with Crippen LogP contribution >= 0.6 is 0 Å². The molecule has 21 heavy (non-hydrogen) atoms. The minimum absolute atomic E-state index is 0.452. The van der Waals surface area contributed by atoms with E-state index in [9.17, 15) is 0 Å². The second-order valence-electron chi connectivity index (χ2n) is 4.46. The third-order valence-electron chi connectivity index (χ3n) is 3.20. The van der Waals surface area contributed by atoms with E-state index in [0.717, 1.165) is 16.6 Å². The number of methoxy groups -OCH3 is 1. The summed E-state index contributed by atoms with van der Waals surface area (Å²) < 4.78 is 5.13. The van der Waals surface area contributed by atoms with Gasteiger partial charge in [-0.1, -0.05) is 0 Å². The largest absolute Gasteiger partial charge is 0.495 e. The molecular formula is C16H10N4O. The van der Waals surface area contributed by atoms with E-state index in [1.807, 2.05) is 6.07 Å². The third kappa shape index (κ3) is 2.18. The summed E-state index contributed by atoms with van der Waals surface area (Å²) in [7, 11) is 1.53. The van der Waals surface area contributed by atoms with E-state index < -0.39 is 0 Å². The molecule has 1 N–H and O–H groups in total. The van der Waals surface area contributed by atoms with Crippen LogP contribution in [0.1, 0.15) is 11.1 Å². The summed E-state index contributed by atoms with van der Waals surface area (Å²) in [6.07, 6.45) is 0. The average Bonchev–Trinajstić information content (AvgIpc) is 2.96. The molecule has 1 heterocycles. The average molecular weight is 274 g/mol. The van der Waals surface area contributed by atoms with E-state index in [2.05, 4.69) is 22.1 Å². The van der Waals surface area contributed by atoms with Gasteiger partial charge >= 0.3 is 0 Å². The van der Waals surface area contributed by atoms with Gasteiger partial charge in [-0.15, -0.1) is 0 Å². The Morgan fingerprint density at radius 1 is 1.10 bits per heavy atom. The van der Waals surface area contributed by atoms with Gasteiger partial charge in [0.1, 0.15) is 17.6 Å². The highest BCUT2D eigenvalue weighted by molar-refractivity contribution is 5.81. The van der Waals surface area contributed by atoms with Gasteiger partial charge in [-0.2, -0.15) is 10.5 Å². The van der Waals surface area contributed by atoms with Crippen molar-refractivity contribution in [3.63, 3.8) is 0 Å². The summed E-state index contributed by atoms with van der Waals surface area (Å²) in [5.41, 5.74) is 3.39. The Hall–Kier alpha value is -3.31. The number of nitriles is 2. The first-order chi connectivity index (χ1) is 10.2. The lowest BCUT2D eigenvalue weighted by Crippen LogP contribution is -1.89. The number of imidazole rings is 1. The molecule has 1 aromatic heterocycles. The molecule has 3 rings (SSSR count). The topological polar surface area (TPSA) is 85.5 Å². The van der Waals surface area contributed by atoms with Crippen LogP contribution in [0.2, 0.25) is 0 Å². The van der Waals surface area contributed by atoms with Crippen molar-refractivity contribution in [2.75, 3.05) is 7.11 Å². The molecule has 0 spiro atoms. The van der Waals surface area contributed by atoms with E-state index >= 15 is 0 Å². The highest BCUT2D eigenvalue weighted by Crippen LogP contribution is 2.26. The van der Waals surface area contributed by atoms with E-state index in [0.29, 0.717) is 22.7 Å². The molecule has 0 atom stereocenters. The monoisotopic (exact) mass is 274 g/mol. The fraction of sp³-hybridized carbons (Fsp3) is 0.0625. The fourth-order valence-electron chi connectivity index (χ4n) is 2.16. The first kappa shape index (κ1) is 12.7. The quantitative estimate of drug-likeness (QED) is 0.778. The number of rotatable bonds is 2. The lowest BCUT2D eigenvalue weighted by Gasteiger charge is -2.03. The number of aromatic nitrogens is 2. The molecule has 0 unspecified atom stereocenters. The highest BCUT2D eigenvalue weighted by Gasteiger charge is 2.09. The maximum absolute atomic E-state index is 9.13. The minimum atomic E-state index is 0.452. The molecule has 0 radical (unpaired) electrons. The molecule has 0 bridgehead atoms. The number of nitrogens with one attached hydrogen (secondary N) is 1. The van der Waals surface area contributed by atoms with Crippen LogP contribution in [-0.4, -0.2) is 17.1 Å². The lowest BCUT2D eigenvalue weighted by molar-refractivity contribution is 0.413. The molecule has 100 valence electrons. The summed E-state index contributed by atoms with van der Waals surface area (Å²) in [5, 5.41) is 18.0. The zero-order valence-electron chi connectivity index (χ0n) is 11.2. The molecule has 3 aromatic rings. The lowest BCUT2D eigenvalue weighted by atomic mass is 10.1. The Morgan fingerprint density at radius 2 is 1.95 bits per heavy atom. The Morgan fingerprint density at radius 3 is 2.67 bits per heavy atom. The van der Waals surface area contributed by atoms with E-state index in [1.54, 1.807) is 30.3 Å².